The number of amides is 1. The minimum absolute atomic E-state index is 0.00898. The molecule has 4 nitrogen and oxygen atoms in total. The zero-order valence-electron chi connectivity index (χ0n) is 8.45. The monoisotopic (exact) mass is 187 g/mol. The van der Waals surface area contributed by atoms with Crippen molar-refractivity contribution in [1.29, 1.82) is 0 Å². The zero-order valence-corrected chi connectivity index (χ0v) is 8.45. The quantitative estimate of drug-likeness (QED) is 0.623. The molecule has 0 radical (unpaired) electrons. The summed E-state index contributed by atoms with van der Waals surface area (Å²) in [5, 5.41) is 0. The fraction of sp³-hybridized carbons (Fsp3) is 0.889. The summed E-state index contributed by atoms with van der Waals surface area (Å²) in [6, 6.07) is 0.207. The second-order valence-corrected chi connectivity index (χ2v) is 3.48. The Morgan fingerprint density at radius 2 is 2.15 bits per heavy atom. The van der Waals surface area contributed by atoms with Crippen molar-refractivity contribution < 1.29 is 14.3 Å². The van der Waals surface area contributed by atoms with Gasteiger partial charge in [-0.1, -0.05) is 0 Å². The lowest BCUT2D eigenvalue weighted by atomic mass is 10.2. The molecule has 0 saturated carbocycles. The van der Waals surface area contributed by atoms with Crippen molar-refractivity contribution in [3.63, 3.8) is 0 Å². The molecule has 1 aliphatic heterocycles. The zero-order chi connectivity index (χ0) is 9.84. The molecule has 1 atom stereocenters. The second-order valence-electron chi connectivity index (χ2n) is 3.48. The molecule has 1 unspecified atom stereocenters. The fourth-order valence-corrected chi connectivity index (χ4v) is 1.11. The Morgan fingerprint density at radius 3 is 2.62 bits per heavy atom. The molecule has 13 heavy (non-hydrogen) atoms. The van der Waals surface area contributed by atoms with Crippen LogP contribution in [-0.4, -0.2) is 49.8 Å². The van der Waals surface area contributed by atoms with E-state index in [0.29, 0.717) is 19.8 Å². The van der Waals surface area contributed by atoms with Crippen LogP contribution in [0.25, 0.3) is 0 Å². The first-order valence-corrected chi connectivity index (χ1v) is 4.59. The van der Waals surface area contributed by atoms with Crippen LogP contribution in [0.2, 0.25) is 0 Å². The summed E-state index contributed by atoms with van der Waals surface area (Å²) in [6.07, 6.45) is -0.402. The number of ether oxygens (including phenoxy) is 2. The van der Waals surface area contributed by atoms with Crippen molar-refractivity contribution in [2.75, 3.05) is 26.9 Å². The molecule has 0 aromatic carbocycles. The third-order valence-electron chi connectivity index (χ3n) is 2.21. The summed E-state index contributed by atoms with van der Waals surface area (Å²) < 4.78 is 10.5. The van der Waals surface area contributed by atoms with Crippen LogP contribution in [0.1, 0.15) is 13.8 Å². The van der Waals surface area contributed by atoms with E-state index in [0.717, 1.165) is 0 Å². The van der Waals surface area contributed by atoms with Gasteiger partial charge in [0.15, 0.2) is 6.10 Å². The van der Waals surface area contributed by atoms with Crippen molar-refractivity contribution in [2.45, 2.75) is 26.0 Å². The smallest absolute Gasteiger partial charge is 0.254 e. The highest BCUT2D eigenvalue weighted by atomic mass is 16.6. The summed E-state index contributed by atoms with van der Waals surface area (Å²) in [7, 11) is 1.78. The molecule has 4 heteroatoms. The topological polar surface area (TPSA) is 38.8 Å². The van der Waals surface area contributed by atoms with Crippen LogP contribution in [-0.2, 0) is 14.3 Å². The van der Waals surface area contributed by atoms with E-state index in [1.54, 1.807) is 11.9 Å². The van der Waals surface area contributed by atoms with Crippen molar-refractivity contribution in [3.8, 4) is 0 Å². The largest absolute Gasteiger partial charge is 0.376 e. The van der Waals surface area contributed by atoms with E-state index < -0.39 is 6.10 Å². The van der Waals surface area contributed by atoms with Crippen LogP contribution < -0.4 is 0 Å². The highest BCUT2D eigenvalue weighted by Gasteiger charge is 2.26. The molecule has 0 bridgehead atoms. The molecule has 0 aromatic rings. The Labute approximate surface area is 78.8 Å². The summed E-state index contributed by atoms with van der Waals surface area (Å²) in [6.45, 7) is 5.44. The molecule has 0 aromatic heterocycles. The van der Waals surface area contributed by atoms with Gasteiger partial charge in [0.25, 0.3) is 5.91 Å². The Balaban J connectivity index is 2.45. The SMILES string of the molecule is CC(C)N(C)C(=O)C1COCCO1. The van der Waals surface area contributed by atoms with Crippen LogP contribution in [0.15, 0.2) is 0 Å². The highest BCUT2D eigenvalue weighted by Crippen LogP contribution is 2.06. The predicted octanol–water partition coefficient (Wildman–Crippen LogP) is 0.269. The summed E-state index contributed by atoms with van der Waals surface area (Å²) >= 11 is 0. The van der Waals surface area contributed by atoms with Crippen LogP contribution >= 0.6 is 0 Å². The molecule has 1 fully saturated rings. The van der Waals surface area contributed by atoms with Crippen molar-refractivity contribution in [3.05, 3.63) is 0 Å². The first kappa shape index (κ1) is 10.5. The molecule has 0 N–H and O–H groups in total. The van der Waals surface area contributed by atoms with Crippen LogP contribution in [0.5, 0.6) is 0 Å². The minimum atomic E-state index is -0.402. The second kappa shape index (κ2) is 4.58. The van der Waals surface area contributed by atoms with Gasteiger partial charge in [0.2, 0.25) is 0 Å². The van der Waals surface area contributed by atoms with Gasteiger partial charge < -0.3 is 14.4 Å². The third kappa shape index (κ3) is 2.67. The van der Waals surface area contributed by atoms with Crippen molar-refractivity contribution >= 4 is 5.91 Å². The number of hydrogen-bond acceptors (Lipinski definition) is 3. The van der Waals surface area contributed by atoms with Gasteiger partial charge in [0.05, 0.1) is 19.8 Å². The molecular formula is C9H17NO3. The van der Waals surface area contributed by atoms with Crippen LogP contribution in [0.3, 0.4) is 0 Å². The maximum absolute atomic E-state index is 11.7. The van der Waals surface area contributed by atoms with Gasteiger partial charge in [-0.2, -0.15) is 0 Å². The Morgan fingerprint density at radius 1 is 1.46 bits per heavy atom. The van der Waals surface area contributed by atoms with E-state index in [9.17, 15) is 4.79 Å². The molecule has 1 amide bonds. The first-order valence-electron chi connectivity index (χ1n) is 4.59. The van der Waals surface area contributed by atoms with Crippen LogP contribution in [0, 0.1) is 0 Å². The van der Waals surface area contributed by atoms with E-state index in [1.807, 2.05) is 13.8 Å². The van der Waals surface area contributed by atoms with Gasteiger partial charge in [-0.3, -0.25) is 4.79 Å². The van der Waals surface area contributed by atoms with E-state index in [1.165, 1.54) is 0 Å². The molecule has 0 aliphatic carbocycles. The van der Waals surface area contributed by atoms with Gasteiger partial charge in [-0.25, -0.2) is 0 Å². The molecule has 1 aliphatic rings. The third-order valence-corrected chi connectivity index (χ3v) is 2.21. The maximum atomic E-state index is 11.7. The van der Waals surface area contributed by atoms with E-state index in [4.69, 9.17) is 9.47 Å². The normalized spacial score (nSPS) is 23.2. The Bertz CT molecular complexity index is 176. The van der Waals surface area contributed by atoms with Gasteiger partial charge in [0.1, 0.15) is 0 Å². The molecule has 76 valence electrons. The molecule has 1 saturated heterocycles. The molecule has 0 spiro atoms. The lowest BCUT2D eigenvalue weighted by molar-refractivity contribution is -0.158. The number of hydrogen-bond donors (Lipinski definition) is 0. The van der Waals surface area contributed by atoms with E-state index >= 15 is 0 Å². The average Bonchev–Trinajstić information content (AvgIpc) is 2.17. The lowest BCUT2D eigenvalue weighted by Crippen LogP contribution is -2.46. The maximum Gasteiger partial charge on any atom is 0.254 e. The minimum Gasteiger partial charge on any atom is -0.376 e. The van der Waals surface area contributed by atoms with Crippen molar-refractivity contribution in [1.82, 2.24) is 4.90 Å². The average molecular weight is 187 g/mol. The lowest BCUT2D eigenvalue weighted by Gasteiger charge is -2.28. The van der Waals surface area contributed by atoms with Crippen molar-refractivity contribution in [2.24, 2.45) is 0 Å². The van der Waals surface area contributed by atoms with Crippen LogP contribution in [0.4, 0.5) is 0 Å². The number of likely N-dealkylation sites (N-methyl/N-ethyl adjacent to an activating group) is 1. The molecular weight excluding hydrogens is 170 g/mol. The Kier molecular flexibility index (Phi) is 3.69. The molecule has 1 rings (SSSR count). The predicted molar refractivity (Wildman–Crippen MR) is 48.5 cm³/mol. The number of carbonyl (C=O) groups excluding carboxylic acids is 1. The van der Waals surface area contributed by atoms with Gasteiger partial charge in [0, 0.05) is 13.1 Å². The fourth-order valence-electron chi connectivity index (χ4n) is 1.11. The Hall–Kier alpha value is -0.610. The molecule has 1 heterocycles. The van der Waals surface area contributed by atoms with Gasteiger partial charge in [-0.15, -0.1) is 0 Å². The highest BCUT2D eigenvalue weighted by molar-refractivity contribution is 5.81. The number of rotatable bonds is 2. The first-order chi connectivity index (χ1) is 6.13. The van der Waals surface area contributed by atoms with Gasteiger partial charge in [-0.05, 0) is 13.8 Å². The summed E-state index contributed by atoms with van der Waals surface area (Å²) in [5.74, 6) is 0.00898. The summed E-state index contributed by atoms with van der Waals surface area (Å²) in [5.41, 5.74) is 0. The van der Waals surface area contributed by atoms with E-state index in [2.05, 4.69) is 0 Å². The summed E-state index contributed by atoms with van der Waals surface area (Å²) in [4.78, 5) is 13.3. The standard InChI is InChI=1S/C9H17NO3/c1-7(2)10(3)9(11)8-6-12-4-5-13-8/h7-8H,4-6H2,1-3H3. The number of carbonyl (C=O) groups is 1. The van der Waals surface area contributed by atoms with Gasteiger partial charge >= 0.3 is 0 Å². The van der Waals surface area contributed by atoms with E-state index in [-0.39, 0.29) is 11.9 Å². The number of nitrogens with zero attached hydrogens (tertiary/aromatic N) is 1.